The first-order valence-corrected chi connectivity index (χ1v) is 8.80. The number of rotatable bonds is 7. The van der Waals surface area contributed by atoms with E-state index in [1.807, 2.05) is 18.2 Å². The van der Waals surface area contributed by atoms with Gasteiger partial charge in [-0.15, -0.1) is 0 Å². The van der Waals surface area contributed by atoms with Gasteiger partial charge in [-0.2, -0.15) is 0 Å². The molecule has 0 bridgehead atoms. The van der Waals surface area contributed by atoms with Crippen LogP contribution in [0.15, 0.2) is 48.8 Å². The number of nitrogens with one attached hydrogen (secondary N) is 1. The quantitative estimate of drug-likeness (QED) is 0.830. The number of benzene rings is 1. The van der Waals surface area contributed by atoms with Crippen LogP contribution in [0.25, 0.3) is 0 Å². The Labute approximate surface area is 152 Å². The molecule has 1 N–H and O–H groups in total. The number of halogens is 1. The van der Waals surface area contributed by atoms with E-state index >= 15 is 0 Å². The first-order chi connectivity index (χ1) is 12.6. The van der Waals surface area contributed by atoms with Crippen LogP contribution in [-0.2, 0) is 22.6 Å². The molecule has 1 saturated heterocycles. The van der Waals surface area contributed by atoms with Crippen molar-refractivity contribution in [3.63, 3.8) is 0 Å². The lowest BCUT2D eigenvalue weighted by Crippen LogP contribution is -2.41. The number of hydrogen-bond acceptors (Lipinski definition) is 3. The maximum atomic E-state index is 13.3. The maximum Gasteiger partial charge on any atom is 0.223 e. The minimum Gasteiger partial charge on any atom is -0.352 e. The zero-order valence-corrected chi connectivity index (χ0v) is 14.5. The predicted molar refractivity (Wildman–Crippen MR) is 95.5 cm³/mol. The van der Waals surface area contributed by atoms with Crippen LogP contribution in [0.3, 0.4) is 0 Å². The Morgan fingerprint density at radius 1 is 1.27 bits per heavy atom. The molecule has 0 radical (unpaired) electrons. The van der Waals surface area contributed by atoms with E-state index < -0.39 is 0 Å². The third kappa shape index (κ3) is 5.12. The average Bonchev–Trinajstić information content (AvgIpc) is 3.05. The van der Waals surface area contributed by atoms with E-state index in [2.05, 4.69) is 10.3 Å². The molecule has 2 amide bonds. The molecule has 1 aromatic heterocycles. The van der Waals surface area contributed by atoms with Gasteiger partial charge < -0.3 is 10.2 Å². The van der Waals surface area contributed by atoms with Crippen molar-refractivity contribution >= 4 is 11.8 Å². The second-order valence-electron chi connectivity index (χ2n) is 6.57. The van der Waals surface area contributed by atoms with Crippen molar-refractivity contribution in [2.24, 2.45) is 0 Å². The molecule has 1 atom stereocenters. The predicted octanol–water partition coefficient (Wildman–Crippen LogP) is 2.46. The van der Waals surface area contributed by atoms with Crippen molar-refractivity contribution in [2.75, 3.05) is 6.54 Å². The topological polar surface area (TPSA) is 62.3 Å². The van der Waals surface area contributed by atoms with E-state index in [1.165, 1.54) is 12.1 Å². The van der Waals surface area contributed by atoms with Crippen molar-refractivity contribution in [3.05, 3.63) is 65.7 Å². The molecule has 0 unspecified atom stereocenters. The monoisotopic (exact) mass is 355 g/mol. The number of carbonyl (C=O) groups is 2. The highest BCUT2D eigenvalue weighted by Gasteiger charge is 2.25. The molecular formula is C20H22FN3O2. The molecule has 2 aromatic rings. The average molecular weight is 355 g/mol. The van der Waals surface area contributed by atoms with Gasteiger partial charge in [0.25, 0.3) is 0 Å². The van der Waals surface area contributed by atoms with Gasteiger partial charge in [0.05, 0.1) is 0 Å². The molecule has 26 heavy (non-hydrogen) atoms. The molecule has 1 aromatic carbocycles. The van der Waals surface area contributed by atoms with E-state index in [1.54, 1.807) is 23.4 Å². The fourth-order valence-corrected chi connectivity index (χ4v) is 3.15. The molecule has 0 saturated carbocycles. The number of carbonyl (C=O) groups excluding carboxylic acids is 2. The standard InChI is InChI=1S/C20H22FN3O2/c21-17-5-1-3-15(11-17)6-9-20(26)24(13-16-4-2-10-22-12-16)14-18-7-8-19(25)23-18/h1-5,10-12,18H,6-9,13-14H2,(H,23,25)/t18-/m0/s1. The highest BCUT2D eigenvalue weighted by atomic mass is 19.1. The molecule has 1 aliphatic heterocycles. The molecule has 1 aliphatic rings. The molecule has 136 valence electrons. The van der Waals surface area contributed by atoms with Gasteiger partial charge in [-0.05, 0) is 42.2 Å². The fourth-order valence-electron chi connectivity index (χ4n) is 3.15. The molecule has 0 aliphatic carbocycles. The van der Waals surface area contributed by atoms with E-state index in [4.69, 9.17) is 0 Å². The lowest BCUT2D eigenvalue weighted by Gasteiger charge is -2.26. The molecule has 6 heteroatoms. The molecule has 0 spiro atoms. The number of pyridine rings is 1. The molecule has 5 nitrogen and oxygen atoms in total. The summed E-state index contributed by atoms with van der Waals surface area (Å²) in [5.74, 6) is -0.279. The lowest BCUT2D eigenvalue weighted by molar-refractivity contribution is -0.132. The summed E-state index contributed by atoms with van der Waals surface area (Å²) in [4.78, 5) is 30.1. The molecule has 3 rings (SSSR count). The Bertz CT molecular complexity index is 767. The summed E-state index contributed by atoms with van der Waals surface area (Å²) in [5.41, 5.74) is 1.74. The van der Waals surface area contributed by atoms with E-state index in [-0.39, 0.29) is 23.7 Å². The van der Waals surface area contributed by atoms with E-state index in [9.17, 15) is 14.0 Å². The Hall–Kier alpha value is -2.76. The summed E-state index contributed by atoms with van der Waals surface area (Å²) in [6.45, 7) is 0.921. The third-order valence-electron chi connectivity index (χ3n) is 4.49. The van der Waals surface area contributed by atoms with Gasteiger partial charge in [-0.1, -0.05) is 18.2 Å². The first-order valence-electron chi connectivity index (χ1n) is 8.80. The first kappa shape index (κ1) is 18.0. The summed E-state index contributed by atoms with van der Waals surface area (Å²) in [6, 6.07) is 10.1. The van der Waals surface area contributed by atoms with Crippen molar-refractivity contribution in [3.8, 4) is 0 Å². The van der Waals surface area contributed by atoms with Gasteiger partial charge in [0.1, 0.15) is 5.82 Å². The second-order valence-corrected chi connectivity index (χ2v) is 6.57. The van der Waals surface area contributed by atoms with Crippen LogP contribution >= 0.6 is 0 Å². The van der Waals surface area contributed by atoms with Crippen molar-refractivity contribution in [2.45, 2.75) is 38.3 Å². The lowest BCUT2D eigenvalue weighted by atomic mass is 10.1. The fraction of sp³-hybridized carbons (Fsp3) is 0.350. The zero-order chi connectivity index (χ0) is 18.4. The smallest absolute Gasteiger partial charge is 0.223 e. The summed E-state index contributed by atoms with van der Waals surface area (Å²) >= 11 is 0. The summed E-state index contributed by atoms with van der Waals surface area (Å²) in [7, 11) is 0. The second kappa shape index (κ2) is 8.56. The van der Waals surface area contributed by atoms with E-state index in [0.717, 1.165) is 17.5 Å². The van der Waals surface area contributed by atoms with Gasteiger partial charge in [0.2, 0.25) is 11.8 Å². The summed E-state index contributed by atoms with van der Waals surface area (Å²) in [6.07, 6.45) is 5.45. The van der Waals surface area contributed by atoms with Crippen LogP contribution in [0, 0.1) is 5.82 Å². The molecule has 2 heterocycles. The largest absolute Gasteiger partial charge is 0.352 e. The van der Waals surface area contributed by atoms with Crippen LogP contribution in [0.4, 0.5) is 4.39 Å². The van der Waals surface area contributed by atoms with Gasteiger partial charge in [0, 0.05) is 44.4 Å². The van der Waals surface area contributed by atoms with Crippen LogP contribution in [0.1, 0.15) is 30.4 Å². The highest BCUT2D eigenvalue weighted by molar-refractivity contribution is 5.79. The molecular weight excluding hydrogens is 333 g/mol. The van der Waals surface area contributed by atoms with Gasteiger partial charge >= 0.3 is 0 Å². The van der Waals surface area contributed by atoms with Crippen LogP contribution < -0.4 is 5.32 Å². The number of aromatic nitrogens is 1. The van der Waals surface area contributed by atoms with Crippen LogP contribution in [-0.4, -0.2) is 34.3 Å². The minimum absolute atomic E-state index is 0.0146. The number of hydrogen-bond donors (Lipinski definition) is 1. The molecule has 1 fully saturated rings. The number of aryl methyl sites for hydroxylation is 1. The van der Waals surface area contributed by atoms with Crippen molar-refractivity contribution in [1.82, 2.24) is 15.2 Å². The Morgan fingerprint density at radius 2 is 2.12 bits per heavy atom. The van der Waals surface area contributed by atoms with Crippen LogP contribution in [0.2, 0.25) is 0 Å². The Morgan fingerprint density at radius 3 is 2.81 bits per heavy atom. The Kier molecular flexibility index (Phi) is 5.94. The maximum absolute atomic E-state index is 13.3. The normalized spacial score (nSPS) is 16.3. The van der Waals surface area contributed by atoms with Crippen LogP contribution in [0.5, 0.6) is 0 Å². The summed E-state index contributed by atoms with van der Waals surface area (Å²) in [5, 5.41) is 2.91. The van der Waals surface area contributed by atoms with Gasteiger partial charge in [-0.25, -0.2) is 4.39 Å². The number of amides is 2. The van der Waals surface area contributed by atoms with Gasteiger partial charge in [-0.3, -0.25) is 14.6 Å². The van der Waals surface area contributed by atoms with Gasteiger partial charge in [0.15, 0.2) is 0 Å². The van der Waals surface area contributed by atoms with Crippen molar-refractivity contribution in [1.29, 1.82) is 0 Å². The SMILES string of the molecule is O=C1CC[C@@H](CN(Cc2cccnc2)C(=O)CCc2cccc(F)c2)N1. The van der Waals surface area contributed by atoms with Crippen molar-refractivity contribution < 1.29 is 14.0 Å². The number of nitrogens with zero attached hydrogens (tertiary/aromatic N) is 2. The van der Waals surface area contributed by atoms with E-state index in [0.29, 0.717) is 32.4 Å². The Balaban J connectivity index is 1.64. The highest BCUT2D eigenvalue weighted by Crippen LogP contribution is 2.14. The third-order valence-corrected chi connectivity index (χ3v) is 4.49. The zero-order valence-electron chi connectivity index (χ0n) is 14.5. The minimum atomic E-state index is -0.296. The summed E-state index contributed by atoms with van der Waals surface area (Å²) < 4.78 is 13.3.